The van der Waals surface area contributed by atoms with Gasteiger partial charge in [0.25, 0.3) is 0 Å². The van der Waals surface area contributed by atoms with Crippen molar-refractivity contribution in [1.82, 2.24) is 0 Å². The first-order valence-electron chi connectivity index (χ1n) is 1.12. The van der Waals surface area contributed by atoms with Gasteiger partial charge in [0.05, 0.1) is 0 Å². The lowest BCUT2D eigenvalue weighted by Crippen LogP contribution is -1.68. The van der Waals surface area contributed by atoms with Crippen LogP contribution in [0.5, 0.6) is 0 Å². The molecule has 0 aliphatic heterocycles. The van der Waals surface area contributed by atoms with E-state index in [1.165, 1.54) is 0 Å². The van der Waals surface area contributed by atoms with Crippen LogP contribution in [-0.4, -0.2) is 10.6 Å². The van der Waals surface area contributed by atoms with Gasteiger partial charge in [-0.1, -0.05) is 6.58 Å². The fourth-order valence-electron chi connectivity index (χ4n) is 0. The van der Waals surface area contributed by atoms with Gasteiger partial charge in [-0.15, -0.1) is 12.6 Å². The van der Waals surface area contributed by atoms with Crippen molar-refractivity contribution in [2.75, 3.05) is 0 Å². The fraction of sp³-hybridized carbons (Fsp3) is 0. The van der Waals surface area contributed by atoms with Crippen molar-refractivity contribution in [3.63, 3.8) is 0 Å². The molecule has 0 aliphatic rings. The Balaban J connectivity index is 0. The Bertz CT molecular complexity index is 59.8. The van der Waals surface area contributed by atoms with Crippen molar-refractivity contribution < 1.29 is 10.3 Å². The van der Waals surface area contributed by atoms with Gasteiger partial charge in [0.1, 0.15) is 0 Å². The largest absolute Gasteiger partial charge is 0.412 e. The summed E-state index contributed by atoms with van der Waals surface area (Å²) in [6.07, 6.45) is 1.14. The molecule has 0 fully saturated rings. The Hall–Kier alpha value is -0.280. The van der Waals surface area contributed by atoms with Gasteiger partial charge in [-0.05, 0) is 6.08 Å². The van der Waals surface area contributed by atoms with Crippen LogP contribution in [0.2, 0.25) is 0 Å². The molecule has 0 aliphatic carbocycles. The highest BCUT2D eigenvalue weighted by Gasteiger charge is 1.71. The molecule has 0 saturated heterocycles. The third-order valence-corrected chi connectivity index (χ3v) is 0.357. The van der Waals surface area contributed by atoms with E-state index in [-0.39, 0.29) is 10.6 Å². The van der Waals surface area contributed by atoms with Gasteiger partial charge in [0.2, 0.25) is 5.12 Å². The van der Waals surface area contributed by atoms with E-state index >= 15 is 0 Å². The highest BCUT2D eigenvalue weighted by molar-refractivity contribution is 7.97. The molecule has 2 N–H and O–H groups in total. The van der Waals surface area contributed by atoms with Crippen LogP contribution in [0, 0.1) is 0 Å². The fourth-order valence-corrected chi connectivity index (χ4v) is 0. The zero-order chi connectivity index (χ0) is 4.28. The van der Waals surface area contributed by atoms with Crippen LogP contribution in [0.1, 0.15) is 0 Å². The minimum Gasteiger partial charge on any atom is -0.412 e. The molecule has 0 aromatic rings. The summed E-state index contributed by atoms with van der Waals surface area (Å²) in [6, 6.07) is 0. The van der Waals surface area contributed by atoms with E-state index in [1.54, 1.807) is 0 Å². The van der Waals surface area contributed by atoms with E-state index in [0.29, 0.717) is 0 Å². The van der Waals surface area contributed by atoms with Crippen molar-refractivity contribution in [2.24, 2.45) is 0 Å². The quantitative estimate of drug-likeness (QED) is 0.365. The zero-order valence-electron chi connectivity index (χ0n) is 3.14. The monoisotopic (exact) mass is 106 g/mol. The van der Waals surface area contributed by atoms with Crippen molar-refractivity contribution in [3.05, 3.63) is 12.7 Å². The van der Waals surface area contributed by atoms with E-state index < -0.39 is 0 Å². The van der Waals surface area contributed by atoms with E-state index in [0.717, 1.165) is 6.08 Å². The predicted octanol–water partition coefficient (Wildman–Crippen LogP) is -0.196. The van der Waals surface area contributed by atoms with Crippen LogP contribution in [-0.2, 0) is 4.79 Å². The third kappa shape index (κ3) is 9.30. The van der Waals surface area contributed by atoms with Gasteiger partial charge in [0, 0.05) is 0 Å². The van der Waals surface area contributed by atoms with Gasteiger partial charge in [-0.2, -0.15) is 0 Å². The standard InChI is InChI=1S/C3H4OS.H2O/c1-2-3(4)5;/h2H,1H2,(H,4,5);1H2. The molecule has 3 heteroatoms. The third-order valence-electron chi connectivity index (χ3n) is 0.175. The number of rotatable bonds is 1. The summed E-state index contributed by atoms with van der Waals surface area (Å²) < 4.78 is 0. The first kappa shape index (κ1) is 9.21. The van der Waals surface area contributed by atoms with Gasteiger partial charge in [-0.3, -0.25) is 4.79 Å². The lowest BCUT2D eigenvalue weighted by Gasteiger charge is -1.61. The lowest BCUT2D eigenvalue weighted by molar-refractivity contribution is -0.106. The molecule has 36 valence electrons. The lowest BCUT2D eigenvalue weighted by atomic mass is 10.7. The van der Waals surface area contributed by atoms with Crippen LogP contribution < -0.4 is 0 Å². The van der Waals surface area contributed by atoms with Crippen molar-refractivity contribution in [1.29, 1.82) is 0 Å². The summed E-state index contributed by atoms with van der Waals surface area (Å²) in [5, 5.41) is -0.287. The van der Waals surface area contributed by atoms with Crippen LogP contribution in [0.25, 0.3) is 0 Å². The molecule has 6 heavy (non-hydrogen) atoms. The second kappa shape index (κ2) is 4.72. The Morgan fingerprint density at radius 3 is 2.00 bits per heavy atom. The summed E-state index contributed by atoms with van der Waals surface area (Å²) in [5.74, 6) is 0. The Morgan fingerprint density at radius 2 is 2.00 bits per heavy atom. The number of thiol groups is 1. The molecule has 0 bridgehead atoms. The van der Waals surface area contributed by atoms with Crippen molar-refractivity contribution in [3.8, 4) is 0 Å². The zero-order valence-corrected chi connectivity index (χ0v) is 4.03. The van der Waals surface area contributed by atoms with Crippen molar-refractivity contribution >= 4 is 17.7 Å². The van der Waals surface area contributed by atoms with Crippen LogP contribution in [0.15, 0.2) is 12.7 Å². The molecule has 0 atom stereocenters. The van der Waals surface area contributed by atoms with Gasteiger partial charge in [0.15, 0.2) is 0 Å². The maximum Gasteiger partial charge on any atom is 0.208 e. The smallest absolute Gasteiger partial charge is 0.208 e. The molecule has 0 saturated carbocycles. The summed E-state index contributed by atoms with van der Waals surface area (Å²) in [4.78, 5) is 9.56. The molecule has 0 amide bonds. The SMILES string of the molecule is C=CC(=O)S.O. The molecular weight excluding hydrogens is 100 g/mol. The van der Waals surface area contributed by atoms with Gasteiger partial charge >= 0.3 is 0 Å². The molecule has 0 radical (unpaired) electrons. The molecule has 0 heterocycles. The average Bonchev–Trinajstić information content (AvgIpc) is 1.38. The maximum atomic E-state index is 9.56. The van der Waals surface area contributed by atoms with E-state index in [1.807, 2.05) is 0 Å². The number of carbonyl (C=O) groups excluding carboxylic acids is 1. The summed E-state index contributed by atoms with van der Waals surface area (Å²) >= 11 is 3.34. The average molecular weight is 106 g/mol. The molecular formula is C3H6O2S. The minimum absolute atomic E-state index is 0. The molecule has 0 aromatic heterocycles. The maximum absolute atomic E-state index is 9.56. The Morgan fingerprint density at radius 1 is 1.83 bits per heavy atom. The van der Waals surface area contributed by atoms with Crippen molar-refractivity contribution in [2.45, 2.75) is 0 Å². The molecule has 0 aromatic carbocycles. The highest BCUT2D eigenvalue weighted by Crippen LogP contribution is 1.72. The van der Waals surface area contributed by atoms with Crippen LogP contribution >= 0.6 is 12.6 Å². The first-order valence-corrected chi connectivity index (χ1v) is 1.57. The van der Waals surface area contributed by atoms with Crippen LogP contribution in [0.3, 0.4) is 0 Å². The highest BCUT2D eigenvalue weighted by atomic mass is 32.1. The van der Waals surface area contributed by atoms with Gasteiger partial charge in [-0.25, -0.2) is 0 Å². The molecule has 2 nitrogen and oxygen atoms in total. The summed E-state index contributed by atoms with van der Waals surface area (Å²) in [5.41, 5.74) is 0. The van der Waals surface area contributed by atoms with E-state index in [2.05, 4.69) is 19.2 Å². The minimum atomic E-state index is -0.287. The predicted molar refractivity (Wildman–Crippen MR) is 27.8 cm³/mol. The normalized spacial score (nSPS) is 5.50. The Kier molecular flexibility index (Phi) is 7.24. The number of carbonyl (C=O) groups is 1. The number of hydrogen-bond acceptors (Lipinski definition) is 1. The molecule has 0 rings (SSSR count). The number of hydrogen-bond donors (Lipinski definition) is 1. The van der Waals surface area contributed by atoms with E-state index in [4.69, 9.17) is 0 Å². The second-order valence-electron chi connectivity index (χ2n) is 0.542. The van der Waals surface area contributed by atoms with Gasteiger partial charge < -0.3 is 5.48 Å². The topological polar surface area (TPSA) is 48.6 Å². The summed E-state index contributed by atoms with van der Waals surface area (Å²) in [6.45, 7) is 3.13. The van der Waals surface area contributed by atoms with E-state index in [9.17, 15) is 4.79 Å². The first-order chi connectivity index (χ1) is 2.27. The van der Waals surface area contributed by atoms with Crippen LogP contribution in [0.4, 0.5) is 0 Å². The summed E-state index contributed by atoms with van der Waals surface area (Å²) in [7, 11) is 0. The second-order valence-corrected chi connectivity index (χ2v) is 0.983. The molecule has 0 spiro atoms. The molecule has 0 unspecified atom stereocenters. The Labute approximate surface area is 41.6 Å².